The van der Waals surface area contributed by atoms with E-state index >= 15 is 0 Å². The van der Waals surface area contributed by atoms with Crippen LogP contribution >= 0.6 is 0 Å². The van der Waals surface area contributed by atoms with E-state index in [0.717, 1.165) is 35.2 Å². The molecule has 1 amide bonds. The van der Waals surface area contributed by atoms with Crippen molar-refractivity contribution in [3.8, 4) is 0 Å². The Morgan fingerprint density at radius 3 is 2.68 bits per heavy atom. The topological polar surface area (TPSA) is 90.1 Å². The molecular weight excluding hydrogens is 291 g/mol. The molecule has 0 atom stereocenters. The summed E-state index contributed by atoms with van der Waals surface area (Å²) in [4.78, 5) is 22.1. The van der Waals surface area contributed by atoms with Crippen molar-refractivity contribution in [2.45, 2.75) is 20.3 Å². The molecule has 0 saturated heterocycles. The molecule has 0 bridgehead atoms. The lowest BCUT2D eigenvalue weighted by molar-refractivity contribution is -0.384. The highest BCUT2D eigenvalue weighted by Crippen LogP contribution is 2.22. The van der Waals surface area contributed by atoms with Gasteiger partial charge in [0.25, 0.3) is 5.69 Å². The number of benzene rings is 1. The zero-order chi connectivity index (χ0) is 16.4. The summed E-state index contributed by atoms with van der Waals surface area (Å²) in [6.07, 6.45) is 0.0215. The predicted molar refractivity (Wildman–Crippen MR) is 78.1 cm³/mol. The van der Waals surface area contributed by atoms with E-state index in [2.05, 4.69) is 10.4 Å². The molecule has 1 heterocycles. The van der Waals surface area contributed by atoms with Crippen LogP contribution in [0.4, 0.5) is 15.8 Å². The molecule has 0 fully saturated rings. The standard InChI is InChI=1S/C14H15FN4O3/c1-8-11(9(2)18(3)17-8)7-14(20)16-13-6-10(19(21)22)4-5-12(13)15/h4-6H,7H2,1-3H3,(H,16,20). The molecule has 2 aromatic rings. The summed E-state index contributed by atoms with van der Waals surface area (Å²) in [6.45, 7) is 3.61. The molecule has 0 aliphatic carbocycles. The highest BCUT2D eigenvalue weighted by atomic mass is 19.1. The number of carbonyl (C=O) groups is 1. The van der Waals surface area contributed by atoms with Crippen LogP contribution in [-0.2, 0) is 18.3 Å². The van der Waals surface area contributed by atoms with Crippen LogP contribution in [0.25, 0.3) is 0 Å². The first-order chi connectivity index (χ1) is 10.3. The smallest absolute Gasteiger partial charge is 0.271 e. The average Bonchev–Trinajstić information content (AvgIpc) is 2.67. The summed E-state index contributed by atoms with van der Waals surface area (Å²) < 4.78 is 15.3. The number of nitrogens with one attached hydrogen (secondary N) is 1. The number of non-ortho nitro benzene ring substituents is 1. The molecule has 116 valence electrons. The number of nitrogens with zero attached hydrogens (tertiary/aromatic N) is 3. The van der Waals surface area contributed by atoms with E-state index in [-0.39, 0.29) is 17.8 Å². The van der Waals surface area contributed by atoms with Gasteiger partial charge in [-0.05, 0) is 19.9 Å². The van der Waals surface area contributed by atoms with Crippen LogP contribution < -0.4 is 5.32 Å². The summed E-state index contributed by atoms with van der Waals surface area (Å²) in [5.41, 5.74) is 1.82. The third kappa shape index (κ3) is 3.11. The fraction of sp³-hybridized carbons (Fsp3) is 0.286. The fourth-order valence-corrected chi connectivity index (χ4v) is 2.15. The lowest BCUT2D eigenvalue weighted by Gasteiger charge is -2.07. The van der Waals surface area contributed by atoms with Crippen molar-refractivity contribution in [1.29, 1.82) is 0 Å². The summed E-state index contributed by atoms with van der Waals surface area (Å²) in [6, 6.07) is 2.99. The predicted octanol–water partition coefficient (Wildman–Crippen LogP) is 2.27. The third-order valence-electron chi connectivity index (χ3n) is 3.43. The Hall–Kier alpha value is -2.77. The largest absolute Gasteiger partial charge is 0.323 e. The van der Waals surface area contributed by atoms with Crippen molar-refractivity contribution in [3.63, 3.8) is 0 Å². The molecule has 22 heavy (non-hydrogen) atoms. The second-order valence-corrected chi connectivity index (χ2v) is 4.92. The van der Waals surface area contributed by atoms with Crippen LogP contribution in [0.2, 0.25) is 0 Å². The molecule has 0 aliphatic heterocycles. The number of aromatic nitrogens is 2. The second kappa shape index (κ2) is 5.92. The van der Waals surface area contributed by atoms with Gasteiger partial charge in [0.05, 0.1) is 22.7 Å². The number of carbonyl (C=O) groups excluding carboxylic acids is 1. The van der Waals surface area contributed by atoms with Crippen molar-refractivity contribution in [3.05, 3.63) is 51.1 Å². The van der Waals surface area contributed by atoms with Gasteiger partial charge in [-0.3, -0.25) is 19.6 Å². The molecule has 2 rings (SSSR count). The molecule has 7 nitrogen and oxygen atoms in total. The number of hydrogen-bond donors (Lipinski definition) is 1. The molecule has 0 unspecified atom stereocenters. The lowest BCUT2D eigenvalue weighted by Crippen LogP contribution is -2.16. The Labute approximate surface area is 125 Å². The van der Waals surface area contributed by atoms with Gasteiger partial charge in [-0.25, -0.2) is 4.39 Å². The van der Waals surface area contributed by atoms with Crippen LogP contribution in [0, 0.1) is 29.8 Å². The zero-order valence-corrected chi connectivity index (χ0v) is 12.4. The minimum atomic E-state index is -0.724. The molecular formula is C14H15FN4O3. The van der Waals surface area contributed by atoms with Gasteiger partial charge in [-0.2, -0.15) is 5.10 Å². The molecule has 1 N–H and O–H groups in total. The van der Waals surface area contributed by atoms with E-state index in [0.29, 0.717) is 0 Å². The maximum absolute atomic E-state index is 13.6. The summed E-state index contributed by atoms with van der Waals surface area (Å²) in [5, 5.41) is 17.3. The Balaban J connectivity index is 2.19. The number of rotatable bonds is 4. The Morgan fingerprint density at radius 2 is 2.14 bits per heavy atom. The number of nitro benzene ring substituents is 1. The number of halogens is 1. The van der Waals surface area contributed by atoms with Crippen molar-refractivity contribution in [2.24, 2.45) is 7.05 Å². The van der Waals surface area contributed by atoms with Crippen LogP contribution in [0.15, 0.2) is 18.2 Å². The minimum absolute atomic E-state index is 0.0215. The molecule has 8 heteroatoms. The average molecular weight is 306 g/mol. The molecule has 1 aromatic carbocycles. The van der Waals surface area contributed by atoms with E-state index in [1.807, 2.05) is 6.92 Å². The van der Waals surface area contributed by atoms with Crippen LogP contribution in [0.3, 0.4) is 0 Å². The maximum Gasteiger partial charge on any atom is 0.271 e. The van der Waals surface area contributed by atoms with Crippen LogP contribution in [-0.4, -0.2) is 20.6 Å². The number of amides is 1. The van der Waals surface area contributed by atoms with Crippen LogP contribution in [0.1, 0.15) is 17.0 Å². The first-order valence-electron chi connectivity index (χ1n) is 6.52. The molecule has 0 radical (unpaired) electrons. The van der Waals surface area contributed by atoms with Crippen molar-refractivity contribution >= 4 is 17.3 Å². The van der Waals surface area contributed by atoms with Gasteiger partial charge in [-0.1, -0.05) is 0 Å². The highest BCUT2D eigenvalue weighted by molar-refractivity contribution is 5.93. The number of nitro groups is 1. The fourth-order valence-electron chi connectivity index (χ4n) is 2.15. The zero-order valence-electron chi connectivity index (χ0n) is 12.4. The Morgan fingerprint density at radius 1 is 1.45 bits per heavy atom. The van der Waals surface area contributed by atoms with Gasteiger partial charge >= 0.3 is 0 Å². The monoisotopic (exact) mass is 306 g/mol. The molecule has 0 saturated carbocycles. The van der Waals surface area contributed by atoms with Gasteiger partial charge < -0.3 is 5.32 Å². The molecule has 0 aliphatic rings. The first kappa shape index (κ1) is 15.6. The van der Waals surface area contributed by atoms with Crippen LogP contribution in [0.5, 0.6) is 0 Å². The van der Waals surface area contributed by atoms with E-state index in [9.17, 15) is 19.3 Å². The minimum Gasteiger partial charge on any atom is -0.323 e. The van der Waals surface area contributed by atoms with Gasteiger partial charge in [0, 0.05) is 30.4 Å². The SMILES string of the molecule is Cc1nn(C)c(C)c1CC(=O)Nc1cc([N+](=O)[O-])ccc1F. The molecule has 1 aromatic heterocycles. The van der Waals surface area contributed by atoms with Crippen molar-refractivity contribution < 1.29 is 14.1 Å². The van der Waals surface area contributed by atoms with E-state index in [1.54, 1.807) is 18.7 Å². The number of anilines is 1. The normalized spacial score (nSPS) is 10.5. The summed E-state index contributed by atoms with van der Waals surface area (Å²) >= 11 is 0. The third-order valence-corrected chi connectivity index (χ3v) is 3.43. The van der Waals surface area contributed by atoms with E-state index < -0.39 is 16.6 Å². The summed E-state index contributed by atoms with van der Waals surface area (Å²) in [5.74, 6) is -1.18. The van der Waals surface area contributed by atoms with Crippen molar-refractivity contribution in [1.82, 2.24) is 9.78 Å². The summed E-state index contributed by atoms with van der Waals surface area (Å²) in [7, 11) is 1.77. The number of hydrogen-bond acceptors (Lipinski definition) is 4. The lowest BCUT2D eigenvalue weighted by atomic mass is 10.1. The Kier molecular flexibility index (Phi) is 4.20. The second-order valence-electron chi connectivity index (χ2n) is 4.92. The van der Waals surface area contributed by atoms with E-state index in [1.165, 1.54) is 0 Å². The Bertz CT molecular complexity index is 755. The van der Waals surface area contributed by atoms with Gasteiger partial charge in [0.15, 0.2) is 0 Å². The number of aryl methyl sites for hydroxylation is 2. The van der Waals surface area contributed by atoms with Gasteiger partial charge in [-0.15, -0.1) is 0 Å². The van der Waals surface area contributed by atoms with Gasteiger partial charge in [0.1, 0.15) is 5.82 Å². The maximum atomic E-state index is 13.6. The highest BCUT2D eigenvalue weighted by Gasteiger charge is 2.16. The first-order valence-corrected chi connectivity index (χ1v) is 6.52. The van der Waals surface area contributed by atoms with Crippen molar-refractivity contribution in [2.75, 3.05) is 5.32 Å². The van der Waals surface area contributed by atoms with Gasteiger partial charge in [0.2, 0.25) is 5.91 Å². The quantitative estimate of drug-likeness (QED) is 0.693. The molecule has 0 spiro atoms. The van der Waals surface area contributed by atoms with E-state index in [4.69, 9.17) is 0 Å².